The highest BCUT2D eigenvalue weighted by Crippen LogP contribution is 2.48. The Morgan fingerprint density at radius 3 is 0.843 bits per heavy atom. The van der Waals surface area contributed by atoms with Gasteiger partial charge in [-0.05, 0) is 208 Å². The number of aryl methyl sites for hydroxylation is 6. The number of fused-ring (bicyclic) bond motifs is 9. The summed E-state index contributed by atoms with van der Waals surface area (Å²) in [4.78, 5) is 2.65. The minimum atomic E-state index is 0.883. The fraction of sp³-hybridized carbons (Fsp3) is 0.130. The van der Waals surface area contributed by atoms with Gasteiger partial charge in [0.1, 0.15) is 0 Å². The van der Waals surface area contributed by atoms with Crippen LogP contribution in [-0.2, 0) is 19.3 Å². The molecule has 0 amide bonds. The van der Waals surface area contributed by atoms with Crippen LogP contribution in [0.25, 0.3) is 98.0 Å². The summed E-state index contributed by atoms with van der Waals surface area (Å²) < 4.78 is 0. The van der Waals surface area contributed by atoms with Crippen molar-refractivity contribution in [2.75, 3.05) is 4.90 Å². The van der Waals surface area contributed by atoms with Crippen LogP contribution in [0.4, 0.5) is 17.1 Å². The molecule has 0 N–H and O–H groups in total. The van der Waals surface area contributed by atoms with E-state index in [0.29, 0.717) is 0 Å². The molecule has 12 aromatic carbocycles. The summed E-state index contributed by atoms with van der Waals surface area (Å²) in [5.41, 5.74) is 19.2. The third kappa shape index (κ3) is 7.06. The van der Waals surface area contributed by atoms with E-state index in [0.717, 1.165) is 19.3 Å². The highest BCUT2D eigenvalue weighted by molar-refractivity contribution is 6.17. The number of hydrogen-bond donors (Lipinski definition) is 0. The van der Waals surface area contributed by atoms with E-state index in [-0.39, 0.29) is 0 Å². The van der Waals surface area contributed by atoms with Gasteiger partial charge in [-0.1, -0.05) is 185 Å². The van der Waals surface area contributed by atoms with Crippen LogP contribution in [0.1, 0.15) is 54.2 Å². The largest absolute Gasteiger partial charge is 0.310 e. The van der Waals surface area contributed by atoms with E-state index in [1.807, 2.05) is 0 Å². The van der Waals surface area contributed by atoms with Crippen molar-refractivity contribution in [3.8, 4) is 33.4 Å². The maximum absolute atomic E-state index is 2.65. The van der Waals surface area contributed by atoms with Gasteiger partial charge in [-0.25, -0.2) is 0 Å². The molecule has 0 atom stereocenters. The molecule has 0 heterocycles. The fourth-order valence-corrected chi connectivity index (χ4v) is 11.8. The van der Waals surface area contributed by atoms with Crippen LogP contribution in [0.5, 0.6) is 0 Å². The van der Waals surface area contributed by atoms with E-state index in [9.17, 15) is 0 Å². The molecule has 12 aromatic rings. The van der Waals surface area contributed by atoms with Crippen molar-refractivity contribution in [3.63, 3.8) is 0 Å². The lowest BCUT2D eigenvalue weighted by molar-refractivity contribution is 1.06. The quantitative estimate of drug-likeness (QED) is 0.131. The van der Waals surface area contributed by atoms with Crippen LogP contribution < -0.4 is 4.90 Å². The second kappa shape index (κ2) is 17.5. The molecule has 0 aliphatic heterocycles. The standard InChI is InChI=1S/C69H57N/c1-7-46-40-61(58-28-16-22-52-34-31-49-19-10-13-25-55(49)67(52)58)43(4)37-64(46)70(65-38-44(5)62(41-47(65)8-2)59-29-17-23-53-35-32-50-20-11-14-26-56(50)68(53)59)66-39-45(6)63(42-48(66)9-3)60-30-18-24-54-36-33-51-21-12-15-27-57(51)69(54)60/h10-42H,7-9H2,1-6H3. The van der Waals surface area contributed by atoms with Gasteiger partial charge in [-0.15, -0.1) is 0 Å². The van der Waals surface area contributed by atoms with Crippen LogP contribution in [-0.4, -0.2) is 0 Å². The summed E-state index contributed by atoms with van der Waals surface area (Å²) in [6.45, 7) is 13.9. The average Bonchev–Trinajstić information content (AvgIpc) is 3.40. The van der Waals surface area contributed by atoms with E-state index in [1.54, 1.807) is 0 Å². The van der Waals surface area contributed by atoms with Crippen molar-refractivity contribution < 1.29 is 0 Å². The van der Waals surface area contributed by atoms with E-state index in [1.165, 1.54) is 148 Å². The molecule has 0 spiro atoms. The van der Waals surface area contributed by atoms with Gasteiger partial charge in [0.25, 0.3) is 0 Å². The maximum Gasteiger partial charge on any atom is 0.0496 e. The minimum absolute atomic E-state index is 0.883. The molecule has 0 aromatic heterocycles. The van der Waals surface area contributed by atoms with Gasteiger partial charge in [0.2, 0.25) is 0 Å². The molecule has 338 valence electrons. The third-order valence-electron chi connectivity index (χ3n) is 15.3. The Hall–Kier alpha value is -8.00. The number of nitrogens with zero attached hydrogens (tertiary/aromatic N) is 1. The SMILES string of the molecule is CCc1cc(-c2cccc3ccc4ccccc4c23)c(C)cc1N(c1cc(C)c(-c2cccc3ccc4ccccc4c23)cc1CC)c1cc(C)c(-c2cccc3ccc4ccccc4c23)cc1CC. The predicted molar refractivity (Wildman–Crippen MR) is 305 cm³/mol. The summed E-state index contributed by atoms with van der Waals surface area (Å²) in [6.07, 6.45) is 2.65. The molecule has 0 aliphatic rings. The molecule has 1 nitrogen and oxygen atoms in total. The van der Waals surface area contributed by atoms with Crippen molar-refractivity contribution in [1.29, 1.82) is 0 Å². The van der Waals surface area contributed by atoms with Gasteiger partial charge in [0, 0.05) is 17.1 Å². The molecule has 0 radical (unpaired) electrons. The Labute approximate surface area is 412 Å². The van der Waals surface area contributed by atoms with Gasteiger partial charge in [-0.2, -0.15) is 0 Å². The molecule has 0 saturated heterocycles. The zero-order valence-corrected chi connectivity index (χ0v) is 41.1. The van der Waals surface area contributed by atoms with Crippen LogP contribution in [0.15, 0.2) is 200 Å². The molecule has 0 fully saturated rings. The van der Waals surface area contributed by atoms with Crippen molar-refractivity contribution in [2.45, 2.75) is 60.8 Å². The van der Waals surface area contributed by atoms with Gasteiger partial charge in [-0.3, -0.25) is 0 Å². The first-order valence-electron chi connectivity index (χ1n) is 25.3. The van der Waals surface area contributed by atoms with Gasteiger partial charge < -0.3 is 4.90 Å². The van der Waals surface area contributed by atoms with E-state index >= 15 is 0 Å². The molecule has 70 heavy (non-hydrogen) atoms. The number of rotatable bonds is 9. The van der Waals surface area contributed by atoms with Crippen LogP contribution in [0.3, 0.4) is 0 Å². The predicted octanol–water partition coefficient (Wildman–Crippen LogP) is 19.7. The van der Waals surface area contributed by atoms with Crippen molar-refractivity contribution in [3.05, 3.63) is 234 Å². The first-order valence-corrected chi connectivity index (χ1v) is 25.3. The van der Waals surface area contributed by atoms with Crippen LogP contribution in [0.2, 0.25) is 0 Å². The summed E-state index contributed by atoms with van der Waals surface area (Å²) >= 11 is 0. The number of benzene rings is 12. The zero-order chi connectivity index (χ0) is 47.6. The minimum Gasteiger partial charge on any atom is -0.310 e. The molecular formula is C69H57N. The van der Waals surface area contributed by atoms with Crippen molar-refractivity contribution >= 4 is 81.7 Å². The number of anilines is 3. The number of hydrogen-bond acceptors (Lipinski definition) is 1. The van der Waals surface area contributed by atoms with Crippen LogP contribution >= 0.6 is 0 Å². The summed E-state index contributed by atoms with van der Waals surface area (Å²) in [5.74, 6) is 0. The van der Waals surface area contributed by atoms with Gasteiger partial charge in [0.15, 0.2) is 0 Å². The van der Waals surface area contributed by atoms with Crippen molar-refractivity contribution in [2.24, 2.45) is 0 Å². The Balaban J connectivity index is 1.11. The lowest BCUT2D eigenvalue weighted by Crippen LogP contribution is -2.17. The Morgan fingerprint density at radius 1 is 0.271 bits per heavy atom. The molecule has 0 bridgehead atoms. The summed E-state index contributed by atoms with van der Waals surface area (Å²) in [5, 5.41) is 15.4. The Bertz CT molecular complexity index is 3640. The second-order valence-corrected chi connectivity index (χ2v) is 19.4. The molecule has 0 unspecified atom stereocenters. The van der Waals surface area contributed by atoms with E-state index < -0.39 is 0 Å². The topological polar surface area (TPSA) is 3.24 Å². The first-order chi connectivity index (χ1) is 34.3. The molecular weight excluding hydrogens is 843 g/mol. The van der Waals surface area contributed by atoms with Crippen molar-refractivity contribution in [1.82, 2.24) is 0 Å². The highest BCUT2D eigenvalue weighted by Gasteiger charge is 2.26. The smallest absolute Gasteiger partial charge is 0.0496 e. The highest BCUT2D eigenvalue weighted by atomic mass is 15.2. The maximum atomic E-state index is 2.65. The van der Waals surface area contributed by atoms with E-state index in [4.69, 9.17) is 0 Å². The molecule has 1 heteroatoms. The lowest BCUT2D eigenvalue weighted by Gasteiger charge is -2.33. The second-order valence-electron chi connectivity index (χ2n) is 19.4. The molecule has 0 aliphatic carbocycles. The lowest BCUT2D eigenvalue weighted by atomic mass is 9.87. The summed E-state index contributed by atoms with van der Waals surface area (Å²) in [7, 11) is 0. The normalized spacial score (nSPS) is 11.7. The van der Waals surface area contributed by atoms with Gasteiger partial charge in [0.05, 0.1) is 0 Å². The van der Waals surface area contributed by atoms with Gasteiger partial charge >= 0.3 is 0 Å². The average molecular weight is 900 g/mol. The van der Waals surface area contributed by atoms with Crippen LogP contribution in [0, 0.1) is 20.8 Å². The fourth-order valence-electron chi connectivity index (χ4n) is 11.8. The Kier molecular flexibility index (Phi) is 10.8. The summed E-state index contributed by atoms with van der Waals surface area (Å²) in [6, 6.07) is 75.6. The zero-order valence-electron chi connectivity index (χ0n) is 41.1. The third-order valence-corrected chi connectivity index (χ3v) is 15.3. The molecule has 12 rings (SSSR count). The van der Waals surface area contributed by atoms with E-state index in [2.05, 4.69) is 247 Å². The first kappa shape index (κ1) is 43.3. The molecule has 0 saturated carbocycles. The monoisotopic (exact) mass is 899 g/mol. The Morgan fingerprint density at radius 2 is 0.543 bits per heavy atom.